The van der Waals surface area contributed by atoms with Crippen LogP contribution in [0.15, 0.2) is 30.4 Å². The van der Waals surface area contributed by atoms with Gasteiger partial charge in [-0.3, -0.25) is 9.59 Å². The van der Waals surface area contributed by atoms with E-state index in [9.17, 15) is 14.7 Å². The topological polar surface area (TPSA) is 66.4 Å². The predicted octanol–water partition coefficient (Wildman–Crippen LogP) is 3.15. The molecule has 4 nitrogen and oxygen atoms in total. The van der Waals surface area contributed by atoms with Crippen molar-refractivity contribution in [1.29, 1.82) is 0 Å². The number of carbonyl (C=O) groups excluding carboxylic acids is 1. The van der Waals surface area contributed by atoms with Crippen molar-refractivity contribution < 1.29 is 14.7 Å². The number of nitrogens with one attached hydrogen (secondary N) is 1. The summed E-state index contributed by atoms with van der Waals surface area (Å²) in [5.74, 6) is -1.91. The lowest BCUT2D eigenvalue weighted by Gasteiger charge is -2.24. The van der Waals surface area contributed by atoms with E-state index in [4.69, 9.17) is 0 Å². The maximum absolute atomic E-state index is 12.9. The van der Waals surface area contributed by atoms with Crippen LogP contribution in [0.2, 0.25) is 0 Å². The molecule has 1 amide bonds. The minimum atomic E-state index is -0.839. The highest BCUT2D eigenvalue weighted by Gasteiger charge is 2.70. The first kappa shape index (κ1) is 14.5. The summed E-state index contributed by atoms with van der Waals surface area (Å²) in [4.78, 5) is 24.7. The van der Waals surface area contributed by atoms with Gasteiger partial charge in [-0.2, -0.15) is 0 Å². The quantitative estimate of drug-likeness (QED) is 0.843. The van der Waals surface area contributed by atoms with Gasteiger partial charge in [0.05, 0.1) is 11.8 Å². The van der Waals surface area contributed by atoms with Crippen molar-refractivity contribution in [2.75, 3.05) is 5.32 Å². The van der Waals surface area contributed by atoms with Gasteiger partial charge in [0, 0.05) is 5.69 Å². The number of aliphatic carboxylic acids is 1. The van der Waals surface area contributed by atoms with Crippen LogP contribution in [0.25, 0.3) is 0 Å². The second-order valence-electron chi connectivity index (χ2n) is 7.30. The molecule has 23 heavy (non-hydrogen) atoms. The Morgan fingerprint density at radius 3 is 2.39 bits per heavy atom. The number of carboxylic acid groups (broad SMARTS) is 1. The number of allylic oxidation sites excluding steroid dienone is 2. The van der Waals surface area contributed by atoms with E-state index in [-0.39, 0.29) is 23.2 Å². The molecule has 4 heteroatoms. The molecular weight excluding hydrogens is 290 g/mol. The largest absolute Gasteiger partial charge is 0.481 e. The molecule has 3 aliphatic carbocycles. The maximum atomic E-state index is 12.9. The number of anilines is 1. The van der Waals surface area contributed by atoms with E-state index in [0.29, 0.717) is 0 Å². The summed E-state index contributed by atoms with van der Waals surface area (Å²) >= 11 is 0. The Morgan fingerprint density at radius 1 is 1.13 bits per heavy atom. The molecule has 0 radical (unpaired) electrons. The summed E-state index contributed by atoms with van der Waals surface area (Å²) in [6.45, 7) is 3.98. The second-order valence-corrected chi connectivity index (χ2v) is 7.30. The third kappa shape index (κ3) is 1.90. The summed E-state index contributed by atoms with van der Waals surface area (Å²) in [6.07, 6.45) is 6.22. The number of carbonyl (C=O) groups is 2. The normalized spacial score (nSPS) is 32.3. The van der Waals surface area contributed by atoms with Gasteiger partial charge in [-0.15, -0.1) is 0 Å². The van der Waals surface area contributed by atoms with Crippen LogP contribution in [0, 0.1) is 42.9 Å². The zero-order chi connectivity index (χ0) is 16.4. The van der Waals surface area contributed by atoms with Crippen LogP contribution in [0.5, 0.6) is 0 Å². The SMILES string of the molecule is Cc1cccc(NC(=O)[C@H]2[C@H](C(=O)O)[C@H]3C=C[C@H]2C32CC2)c1C. The van der Waals surface area contributed by atoms with Crippen molar-refractivity contribution in [3.05, 3.63) is 41.5 Å². The molecule has 1 spiro atoms. The lowest BCUT2D eigenvalue weighted by Crippen LogP contribution is -2.36. The molecule has 2 saturated carbocycles. The lowest BCUT2D eigenvalue weighted by molar-refractivity contribution is -0.146. The Hall–Kier alpha value is -2.10. The van der Waals surface area contributed by atoms with Gasteiger partial charge in [0.2, 0.25) is 5.91 Å². The minimum absolute atomic E-state index is 0.0272. The maximum Gasteiger partial charge on any atom is 0.307 e. The molecule has 2 fully saturated rings. The van der Waals surface area contributed by atoms with Crippen LogP contribution < -0.4 is 5.32 Å². The van der Waals surface area contributed by atoms with E-state index in [0.717, 1.165) is 29.7 Å². The highest BCUT2D eigenvalue weighted by atomic mass is 16.4. The van der Waals surface area contributed by atoms with Crippen LogP contribution in [0.4, 0.5) is 5.69 Å². The van der Waals surface area contributed by atoms with Gasteiger partial charge >= 0.3 is 5.97 Å². The number of benzene rings is 1. The number of hydrogen-bond donors (Lipinski definition) is 2. The van der Waals surface area contributed by atoms with E-state index < -0.39 is 17.8 Å². The zero-order valence-corrected chi connectivity index (χ0v) is 13.4. The van der Waals surface area contributed by atoms with Gasteiger partial charge in [0.1, 0.15) is 0 Å². The number of carboxylic acids is 1. The predicted molar refractivity (Wildman–Crippen MR) is 86.9 cm³/mol. The monoisotopic (exact) mass is 311 g/mol. The summed E-state index contributed by atoms with van der Waals surface area (Å²) in [5.41, 5.74) is 3.00. The first-order valence-electron chi connectivity index (χ1n) is 8.24. The van der Waals surface area contributed by atoms with Crippen LogP contribution in [0.1, 0.15) is 24.0 Å². The Labute approximate surface area is 135 Å². The standard InChI is InChI=1S/C19H21NO3/c1-10-4-3-5-14(11(10)2)20-17(21)15-12-6-7-13(16(15)18(22)23)19(12)8-9-19/h3-7,12-13,15-16H,8-9H2,1-2H3,(H,20,21)(H,22,23)/t12-,13-,15-,16-/m1/s1. The molecule has 0 aliphatic heterocycles. The fourth-order valence-electron chi connectivity index (χ4n) is 4.79. The van der Waals surface area contributed by atoms with Gasteiger partial charge in [-0.1, -0.05) is 24.3 Å². The molecule has 120 valence electrons. The second kappa shape index (κ2) is 4.70. The van der Waals surface area contributed by atoms with E-state index >= 15 is 0 Å². The summed E-state index contributed by atoms with van der Waals surface area (Å²) < 4.78 is 0. The van der Waals surface area contributed by atoms with E-state index in [1.807, 2.05) is 38.1 Å². The van der Waals surface area contributed by atoms with Gasteiger partial charge in [-0.25, -0.2) is 0 Å². The molecular formula is C19H21NO3. The molecule has 0 heterocycles. The van der Waals surface area contributed by atoms with E-state index in [1.54, 1.807) is 0 Å². The van der Waals surface area contributed by atoms with Crippen molar-refractivity contribution in [2.24, 2.45) is 29.1 Å². The fourth-order valence-corrected chi connectivity index (χ4v) is 4.79. The van der Waals surface area contributed by atoms with Crippen molar-refractivity contribution in [3.63, 3.8) is 0 Å². The average Bonchev–Trinajstić information content (AvgIpc) is 3.17. The third-order valence-corrected chi connectivity index (χ3v) is 6.29. The Morgan fingerprint density at radius 2 is 1.78 bits per heavy atom. The Bertz CT molecular complexity index is 732. The first-order chi connectivity index (χ1) is 11.0. The number of amides is 1. The molecule has 4 atom stereocenters. The number of hydrogen-bond acceptors (Lipinski definition) is 2. The molecule has 2 N–H and O–H groups in total. The summed E-state index contributed by atoms with van der Waals surface area (Å²) in [7, 11) is 0. The van der Waals surface area contributed by atoms with Crippen molar-refractivity contribution >= 4 is 17.6 Å². The summed E-state index contributed by atoms with van der Waals surface area (Å²) in [5, 5.41) is 12.7. The van der Waals surface area contributed by atoms with Crippen LogP contribution in [-0.2, 0) is 9.59 Å². The highest BCUT2D eigenvalue weighted by molar-refractivity contribution is 5.97. The smallest absolute Gasteiger partial charge is 0.307 e. The van der Waals surface area contributed by atoms with Gasteiger partial charge < -0.3 is 10.4 Å². The minimum Gasteiger partial charge on any atom is -0.481 e. The van der Waals surface area contributed by atoms with Gasteiger partial charge in [0.25, 0.3) is 0 Å². The van der Waals surface area contributed by atoms with Crippen LogP contribution in [-0.4, -0.2) is 17.0 Å². The average molecular weight is 311 g/mol. The molecule has 3 aliphatic rings. The lowest BCUT2D eigenvalue weighted by atomic mass is 9.82. The van der Waals surface area contributed by atoms with Crippen molar-refractivity contribution in [2.45, 2.75) is 26.7 Å². The summed E-state index contributed by atoms with van der Waals surface area (Å²) in [6, 6.07) is 5.80. The highest BCUT2D eigenvalue weighted by Crippen LogP contribution is 2.72. The van der Waals surface area contributed by atoms with Crippen molar-refractivity contribution in [1.82, 2.24) is 0 Å². The van der Waals surface area contributed by atoms with E-state index in [1.165, 1.54) is 0 Å². The molecule has 1 aromatic carbocycles. The van der Waals surface area contributed by atoms with Gasteiger partial charge in [-0.05, 0) is 61.1 Å². The van der Waals surface area contributed by atoms with Crippen molar-refractivity contribution in [3.8, 4) is 0 Å². The molecule has 0 aromatic heterocycles. The van der Waals surface area contributed by atoms with Crippen LogP contribution >= 0.6 is 0 Å². The van der Waals surface area contributed by atoms with Crippen LogP contribution in [0.3, 0.4) is 0 Å². The molecule has 2 bridgehead atoms. The molecule has 4 rings (SSSR count). The first-order valence-corrected chi connectivity index (χ1v) is 8.24. The molecule has 0 unspecified atom stereocenters. The molecule has 1 aromatic rings. The Balaban J connectivity index is 1.64. The zero-order valence-electron chi connectivity index (χ0n) is 13.4. The number of aryl methyl sites for hydroxylation is 1. The van der Waals surface area contributed by atoms with E-state index in [2.05, 4.69) is 11.4 Å². The number of rotatable bonds is 3. The third-order valence-electron chi connectivity index (χ3n) is 6.29. The Kier molecular flexibility index (Phi) is 2.96. The van der Waals surface area contributed by atoms with Gasteiger partial charge in [0.15, 0.2) is 0 Å². The fraction of sp³-hybridized carbons (Fsp3) is 0.474. The molecule has 0 saturated heterocycles.